The highest BCUT2D eigenvalue weighted by Gasteiger charge is 2.34. The van der Waals surface area contributed by atoms with E-state index in [4.69, 9.17) is 4.74 Å². The van der Waals surface area contributed by atoms with E-state index in [1.165, 1.54) is 17.6 Å². The number of aromatic amines is 1. The summed E-state index contributed by atoms with van der Waals surface area (Å²) >= 11 is 0. The highest BCUT2D eigenvalue weighted by Crippen LogP contribution is 2.37. The van der Waals surface area contributed by atoms with E-state index in [1.54, 1.807) is 13.0 Å². The minimum Gasteiger partial charge on any atom is -0.496 e. The summed E-state index contributed by atoms with van der Waals surface area (Å²) in [4.78, 5) is 37.6. The molecule has 1 fully saturated rings. The molecule has 4 aromatic heterocycles. The summed E-state index contributed by atoms with van der Waals surface area (Å²) in [6.45, 7) is 6.31. The number of hydrogen-bond acceptors (Lipinski definition) is 6. The molecule has 2 N–H and O–H groups in total. The molecule has 0 radical (unpaired) electrons. The molecule has 12 heteroatoms. The Hall–Kier alpha value is -4.16. The maximum Gasteiger partial charge on any atom is 0.401 e. The number of carbonyl (C=O) groups excluding carboxylic acids is 1. The van der Waals surface area contributed by atoms with Crippen molar-refractivity contribution in [2.45, 2.75) is 58.8 Å². The molecule has 1 unspecified atom stereocenters. The number of alkyl halides is 3. The molecule has 0 saturated carbocycles. The second kappa shape index (κ2) is 12.6. The fourth-order valence-electron chi connectivity index (χ4n) is 7.09. The molecule has 1 saturated heterocycles. The van der Waals surface area contributed by atoms with Crippen molar-refractivity contribution in [1.82, 2.24) is 29.5 Å². The van der Waals surface area contributed by atoms with E-state index in [0.29, 0.717) is 48.7 Å². The number of nitrogens with zero attached hydrogens (tertiary/aromatic N) is 4. The topological polar surface area (TPSA) is 95.0 Å². The van der Waals surface area contributed by atoms with Crippen molar-refractivity contribution in [3.05, 3.63) is 86.3 Å². The first-order valence-electron chi connectivity index (χ1n) is 15.6. The summed E-state index contributed by atoms with van der Waals surface area (Å²) in [6.07, 6.45) is 2.53. The molecule has 5 heterocycles. The van der Waals surface area contributed by atoms with Crippen LogP contribution < -0.4 is 15.6 Å². The SMILES string of the molecule is COc1cc(C)[nH]c(=O)c1CNC(=O)c1cc2c(-c3ccnc4c3CCC4)ccn2c(C(C)N2CCN(CC(F)(F)F)CC2)c1C. The summed E-state index contributed by atoms with van der Waals surface area (Å²) in [5.41, 5.74) is 8.05. The molecule has 2 aliphatic rings. The molecular weight excluding hydrogens is 597 g/mol. The molecule has 1 amide bonds. The Balaban J connectivity index is 1.39. The van der Waals surface area contributed by atoms with Crippen LogP contribution in [0.2, 0.25) is 0 Å². The fourth-order valence-corrected chi connectivity index (χ4v) is 7.09. The Kier molecular flexibility index (Phi) is 8.68. The molecule has 6 rings (SSSR count). The molecule has 9 nitrogen and oxygen atoms in total. The van der Waals surface area contributed by atoms with E-state index >= 15 is 0 Å². The quantitative estimate of drug-likeness (QED) is 0.284. The van der Waals surface area contributed by atoms with Crippen LogP contribution >= 0.6 is 0 Å². The van der Waals surface area contributed by atoms with Crippen molar-refractivity contribution in [1.29, 1.82) is 0 Å². The zero-order valence-corrected chi connectivity index (χ0v) is 26.6. The lowest BCUT2D eigenvalue weighted by Crippen LogP contribution is -2.49. The van der Waals surface area contributed by atoms with E-state index in [2.05, 4.69) is 30.7 Å². The van der Waals surface area contributed by atoms with Gasteiger partial charge in [-0.25, -0.2) is 0 Å². The second-order valence-corrected chi connectivity index (χ2v) is 12.3. The van der Waals surface area contributed by atoms with Crippen LogP contribution in [-0.4, -0.2) is 76.1 Å². The largest absolute Gasteiger partial charge is 0.496 e. The van der Waals surface area contributed by atoms with Gasteiger partial charge < -0.3 is 19.4 Å². The van der Waals surface area contributed by atoms with Gasteiger partial charge in [0.25, 0.3) is 11.5 Å². The van der Waals surface area contributed by atoms with Crippen LogP contribution in [-0.2, 0) is 19.4 Å². The van der Waals surface area contributed by atoms with Gasteiger partial charge in [-0.05, 0) is 81.0 Å². The fraction of sp³-hybridized carbons (Fsp3) is 0.441. The summed E-state index contributed by atoms with van der Waals surface area (Å²) in [6, 6.07) is 7.52. The number of halogens is 3. The van der Waals surface area contributed by atoms with E-state index in [1.807, 2.05) is 38.4 Å². The normalized spacial score (nSPS) is 16.5. The third kappa shape index (κ3) is 6.15. The first-order chi connectivity index (χ1) is 21.9. The number of rotatable bonds is 8. The van der Waals surface area contributed by atoms with Crippen LogP contribution in [0.15, 0.2) is 41.5 Å². The Morgan fingerprint density at radius 2 is 1.87 bits per heavy atom. The standard InChI is InChI=1S/C34H39F3N6O3/c1-20-16-30(46-4)27(33(45)40-20)18-39-32(44)26-17-29-25(23-8-10-38-28-7-5-6-24(23)28)9-11-43(29)31(21(26)2)22(3)42-14-12-41(13-15-42)19-34(35,36)37/h8-11,16-17,22H,5-7,12-15,18-19H2,1-4H3,(H,39,44)(H,40,45). The molecule has 1 aliphatic carbocycles. The Morgan fingerprint density at radius 1 is 1.11 bits per heavy atom. The zero-order valence-electron chi connectivity index (χ0n) is 26.6. The number of aryl methyl sites for hydroxylation is 2. The number of aromatic nitrogens is 3. The maximum atomic E-state index is 13.9. The third-order valence-corrected chi connectivity index (χ3v) is 9.40. The Bertz CT molecular complexity index is 1840. The van der Waals surface area contributed by atoms with Crippen molar-refractivity contribution in [2.24, 2.45) is 0 Å². The predicted molar refractivity (Wildman–Crippen MR) is 169 cm³/mol. The average Bonchev–Trinajstić information content (AvgIpc) is 3.66. The van der Waals surface area contributed by atoms with Gasteiger partial charge in [-0.1, -0.05) is 0 Å². The molecule has 0 bridgehead atoms. The smallest absolute Gasteiger partial charge is 0.401 e. The van der Waals surface area contributed by atoms with Crippen molar-refractivity contribution >= 4 is 11.4 Å². The van der Waals surface area contributed by atoms with Gasteiger partial charge in [0.1, 0.15) is 5.75 Å². The highest BCUT2D eigenvalue weighted by molar-refractivity contribution is 5.99. The third-order valence-electron chi connectivity index (χ3n) is 9.40. The van der Waals surface area contributed by atoms with Crippen molar-refractivity contribution < 1.29 is 22.7 Å². The van der Waals surface area contributed by atoms with Gasteiger partial charge in [-0.3, -0.25) is 24.4 Å². The zero-order chi connectivity index (χ0) is 32.7. The van der Waals surface area contributed by atoms with Crippen molar-refractivity contribution in [3.63, 3.8) is 0 Å². The molecule has 244 valence electrons. The number of amides is 1. The van der Waals surface area contributed by atoms with Crippen LogP contribution in [0.3, 0.4) is 0 Å². The van der Waals surface area contributed by atoms with Crippen LogP contribution in [0.5, 0.6) is 5.75 Å². The first-order valence-corrected chi connectivity index (χ1v) is 15.6. The number of pyridine rings is 3. The molecule has 46 heavy (non-hydrogen) atoms. The maximum absolute atomic E-state index is 13.9. The number of hydrogen-bond donors (Lipinski definition) is 2. The molecule has 1 aliphatic heterocycles. The van der Waals surface area contributed by atoms with Gasteiger partial charge in [0, 0.05) is 72.8 Å². The van der Waals surface area contributed by atoms with Gasteiger partial charge in [0.05, 0.1) is 31.3 Å². The lowest BCUT2D eigenvalue weighted by molar-refractivity contribution is -0.149. The van der Waals surface area contributed by atoms with E-state index in [9.17, 15) is 22.8 Å². The molecule has 0 spiro atoms. The van der Waals surface area contributed by atoms with Crippen molar-refractivity contribution in [3.8, 4) is 16.9 Å². The molecular formula is C34H39F3N6O3. The Labute approximate surface area is 265 Å². The monoisotopic (exact) mass is 636 g/mol. The van der Waals surface area contributed by atoms with Gasteiger partial charge in [0.2, 0.25) is 0 Å². The van der Waals surface area contributed by atoms with Gasteiger partial charge in [-0.2, -0.15) is 13.2 Å². The van der Waals surface area contributed by atoms with Crippen LogP contribution in [0.25, 0.3) is 16.6 Å². The minimum atomic E-state index is -4.24. The van der Waals surface area contributed by atoms with Crippen molar-refractivity contribution in [2.75, 3.05) is 39.8 Å². The molecule has 4 aromatic rings. The number of piperazine rings is 1. The summed E-state index contributed by atoms with van der Waals surface area (Å²) in [5.74, 6) is 0.0608. The van der Waals surface area contributed by atoms with Gasteiger partial charge in [0.15, 0.2) is 0 Å². The number of H-pyrrole nitrogens is 1. The lowest BCUT2D eigenvalue weighted by Gasteiger charge is -2.39. The van der Waals surface area contributed by atoms with Crippen LogP contribution in [0.4, 0.5) is 13.2 Å². The average molecular weight is 637 g/mol. The van der Waals surface area contributed by atoms with Crippen LogP contribution in [0.1, 0.15) is 63.5 Å². The summed E-state index contributed by atoms with van der Waals surface area (Å²) in [7, 11) is 1.48. The molecule has 1 atom stereocenters. The Morgan fingerprint density at radius 3 is 2.59 bits per heavy atom. The number of nitrogens with one attached hydrogen (secondary N) is 2. The number of methoxy groups -OCH3 is 1. The number of fused-ring (bicyclic) bond motifs is 2. The first kappa shape index (κ1) is 31.8. The van der Waals surface area contributed by atoms with E-state index < -0.39 is 12.7 Å². The van der Waals surface area contributed by atoms with E-state index in [0.717, 1.165) is 52.9 Å². The molecule has 0 aromatic carbocycles. The van der Waals surface area contributed by atoms with E-state index in [-0.39, 0.29) is 24.1 Å². The lowest BCUT2D eigenvalue weighted by atomic mass is 9.97. The van der Waals surface area contributed by atoms with Gasteiger partial charge in [-0.15, -0.1) is 0 Å². The van der Waals surface area contributed by atoms with Crippen LogP contribution in [0, 0.1) is 13.8 Å². The minimum absolute atomic E-state index is 0.0278. The number of ether oxygens (including phenoxy) is 1. The highest BCUT2D eigenvalue weighted by atomic mass is 19.4. The predicted octanol–water partition coefficient (Wildman–Crippen LogP) is 4.97. The van der Waals surface area contributed by atoms with Gasteiger partial charge >= 0.3 is 6.18 Å². The summed E-state index contributed by atoms with van der Waals surface area (Å²) in [5, 5.41) is 2.94. The number of carbonyl (C=O) groups is 1. The summed E-state index contributed by atoms with van der Waals surface area (Å²) < 4.78 is 46.7. The second-order valence-electron chi connectivity index (χ2n) is 12.3.